The van der Waals surface area contributed by atoms with E-state index >= 15 is 0 Å². The minimum atomic E-state index is -3.55. The zero-order chi connectivity index (χ0) is 18.4. The highest BCUT2D eigenvalue weighted by atomic mass is 32.2. The van der Waals surface area contributed by atoms with Crippen LogP contribution in [-0.2, 0) is 10.0 Å². The second kappa shape index (κ2) is 8.81. The van der Waals surface area contributed by atoms with E-state index in [0.717, 1.165) is 25.7 Å². The number of nitrogens with zero attached hydrogens (tertiary/aromatic N) is 2. The molecule has 1 aliphatic carbocycles. The van der Waals surface area contributed by atoms with Gasteiger partial charge in [-0.1, -0.05) is 45.6 Å². The van der Waals surface area contributed by atoms with Crippen LogP contribution in [0.1, 0.15) is 62.7 Å². The molecule has 0 aliphatic heterocycles. The van der Waals surface area contributed by atoms with Crippen molar-refractivity contribution < 1.29 is 13.2 Å². The topological polar surface area (TPSA) is 57.7 Å². The molecule has 1 aromatic rings. The van der Waals surface area contributed by atoms with Crippen LogP contribution in [0.15, 0.2) is 29.2 Å². The van der Waals surface area contributed by atoms with Gasteiger partial charge in [-0.2, -0.15) is 4.31 Å². The maximum Gasteiger partial charge on any atom is 0.253 e. The van der Waals surface area contributed by atoms with Crippen LogP contribution in [-0.4, -0.2) is 49.7 Å². The third kappa shape index (κ3) is 4.61. The van der Waals surface area contributed by atoms with Crippen molar-refractivity contribution in [3.63, 3.8) is 0 Å². The van der Waals surface area contributed by atoms with Crippen molar-refractivity contribution in [2.45, 2.75) is 63.3 Å². The first kappa shape index (κ1) is 19.9. The van der Waals surface area contributed by atoms with Crippen LogP contribution < -0.4 is 0 Å². The Bertz CT molecular complexity index is 676. The average Bonchev–Trinajstić information content (AvgIpc) is 2.91. The van der Waals surface area contributed by atoms with Crippen molar-refractivity contribution in [2.24, 2.45) is 0 Å². The number of benzene rings is 1. The lowest BCUT2D eigenvalue weighted by atomic mass is 10.1. The molecule has 0 unspecified atom stereocenters. The summed E-state index contributed by atoms with van der Waals surface area (Å²) in [4.78, 5) is 14.9. The summed E-state index contributed by atoms with van der Waals surface area (Å²) in [6.07, 6.45) is 6.82. The van der Waals surface area contributed by atoms with Crippen LogP contribution in [0.3, 0.4) is 0 Å². The minimum Gasteiger partial charge on any atom is -0.339 e. The molecule has 0 aromatic heterocycles. The molecule has 5 nitrogen and oxygen atoms in total. The Balaban J connectivity index is 2.24. The standard InChI is InChI=1S/C19H30N2O3S/c1-4-21(5-2)25(23,24)18-14-10-11-16(15-18)19(22)20(3)17-12-8-6-7-9-13-17/h10-11,14-15,17H,4-9,12-13H2,1-3H3. The van der Waals surface area contributed by atoms with E-state index < -0.39 is 10.0 Å². The number of rotatable bonds is 6. The maximum absolute atomic E-state index is 12.9. The summed E-state index contributed by atoms with van der Waals surface area (Å²) in [6, 6.07) is 6.69. The van der Waals surface area contributed by atoms with E-state index in [4.69, 9.17) is 0 Å². The molecule has 0 radical (unpaired) electrons. The van der Waals surface area contributed by atoms with Gasteiger partial charge in [0, 0.05) is 31.7 Å². The van der Waals surface area contributed by atoms with Crippen LogP contribution in [0.5, 0.6) is 0 Å². The zero-order valence-corrected chi connectivity index (χ0v) is 16.4. The fraction of sp³-hybridized carbons (Fsp3) is 0.632. The Labute approximate surface area is 152 Å². The molecule has 0 N–H and O–H groups in total. The maximum atomic E-state index is 12.9. The van der Waals surface area contributed by atoms with Crippen molar-refractivity contribution in [3.05, 3.63) is 29.8 Å². The number of carbonyl (C=O) groups excluding carboxylic acids is 1. The highest BCUT2D eigenvalue weighted by Crippen LogP contribution is 2.23. The van der Waals surface area contributed by atoms with E-state index in [1.54, 1.807) is 23.1 Å². The molecule has 2 rings (SSSR count). The van der Waals surface area contributed by atoms with Gasteiger partial charge in [0.25, 0.3) is 5.91 Å². The summed E-state index contributed by atoms with van der Waals surface area (Å²) in [7, 11) is -1.71. The van der Waals surface area contributed by atoms with Crippen LogP contribution in [0.2, 0.25) is 0 Å². The molecule has 0 atom stereocenters. The third-order valence-corrected chi connectivity index (χ3v) is 7.16. The summed E-state index contributed by atoms with van der Waals surface area (Å²) in [5, 5.41) is 0. The fourth-order valence-corrected chi connectivity index (χ4v) is 5.02. The number of hydrogen-bond acceptors (Lipinski definition) is 3. The molecule has 1 amide bonds. The highest BCUT2D eigenvalue weighted by molar-refractivity contribution is 7.89. The van der Waals surface area contributed by atoms with Gasteiger partial charge < -0.3 is 4.90 Å². The van der Waals surface area contributed by atoms with Gasteiger partial charge in [-0.15, -0.1) is 0 Å². The van der Waals surface area contributed by atoms with Crippen LogP contribution in [0.25, 0.3) is 0 Å². The lowest BCUT2D eigenvalue weighted by Gasteiger charge is -2.27. The van der Waals surface area contributed by atoms with Crippen molar-refractivity contribution >= 4 is 15.9 Å². The number of sulfonamides is 1. The first-order valence-corrected chi connectivity index (χ1v) is 10.7. The lowest BCUT2D eigenvalue weighted by molar-refractivity contribution is 0.0717. The Morgan fingerprint density at radius 2 is 1.68 bits per heavy atom. The molecule has 25 heavy (non-hydrogen) atoms. The second-order valence-electron chi connectivity index (χ2n) is 6.68. The van der Waals surface area contributed by atoms with Gasteiger partial charge in [0.2, 0.25) is 10.0 Å². The van der Waals surface area contributed by atoms with Gasteiger partial charge in [0.05, 0.1) is 4.90 Å². The predicted molar refractivity (Wildman–Crippen MR) is 100 cm³/mol. The van der Waals surface area contributed by atoms with Gasteiger partial charge in [-0.05, 0) is 31.0 Å². The van der Waals surface area contributed by atoms with E-state index in [1.807, 2.05) is 20.9 Å². The smallest absolute Gasteiger partial charge is 0.253 e. The van der Waals surface area contributed by atoms with E-state index in [2.05, 4.69) is 0 Å². The SMILES string of the molecule is CCN(CC)S(=O)(=O)c1cccc(C(=O)N(C)C2CCCCCC2)c1. The molecule has 0 heterocycles. The lowest BCUT2D eigenvalue weighted by Crippen LogP contribution is -2.37. The second-order valence-corrected chi connectivity index (χ2v) is 8.62. The van der Waals surface area contributed by atoms with Gasteiger partial charge in [-0.25, -0.2) is 8.42 Å². The zero-order valence-electron chi connectivity index (χ0n) is 15.6. The van der Waals surface area contributed by atoms with E-state index in [9.17, 15) is 13.2 Å². The largest absolute Gasteiger partial charge is 0.339 e. The first-order valence-electron chi connectivity index (χ1n) is 9.29. The van der Waals surface area contributed by atoms with Crippen molar-refractivity contribution in [1.82, 2.24) is 9.21 Å². The molecule has 140 valence electrons. The van der Waals surface area contributed by atoms with Gasteiger partial charge in [0.15, 0.2) is 0 Å². The summed E-state index contributed by atoms with van der Waals surface area (Å²) in [6.45, 7) is 4.46. The summed E-state index contributed by atoms with van der Waals surface area (Å²) in [5.41, 5.74) is 0.444. The Kier molecular flexibility index (Phi) is 7.02. The van der Waals surface area contributed by atoms with Crippen LogP contribution >= 0.6 is 0 Å². The van der Waals surface area contributed by atoms with Gasteiger partial charge in [0.1, 0.15) is 0 Å². The van der Waals surface area contributed by atoms with Crippen molar-refractivity contribution in [2.75, 3.05) is 20.1 Å². The average molecular weight is 367 g/mol. The monoisotopic (exact) mass is 366 g/mol. The molecule has 1 saturated carbocycles. The summed E-state index contributed by atoms with van der Waals surface area (Å²) in [5.74, 6) is -0.0940. The quantitative estimate of drug-likeness (QED) is 0.724. The third-order valence-electron chi connectivity index (χ3n) is 5.12. The Morgan fingerprint density at radius 3 is 2.24 bits per heavy atom. The van der Waals surface area contributed by atoms with E-state index in [-0.39, 0.29) is 16.8 Å². The number of hydrogen-bond donors (Lipinski definition) is 0. The Morgan fingerprint density at radius 1 is 1.08 bits per heavy atom. The van der Waals surface area contributed by atoms with Gasteiger partial charge in [-0.3, -0.25) is 4.79 Å². The van der Waals surface area contributed by atoms with Crippen LogP contribution in [0, 0.1) is 0 Å². The summed E-state index contributed by atoms with van der Waals surface area (Å²) < 4.78 is 26.8. The molecule has 1 aromatic carbocycles. The minimum absolute atomic E-state index is 0.0940. The van der Waals surface area contributed by atoms with Crippen molar-refractivity contribution in [1.29, 1.82) is 0 Å². The van der Waals surface area contributed by atoms with Gasteiger partial charge >= 0.3 is 0 Å². The predicted octanol–water partition coefficient (Wildman–Crippen LogP) is 3.51. The molecule has 1 aliphatic rings. The summed E-state index contributed by atoms with van der Waals surface area (Å²) >= 11 is 0. The molecular weight excluding hydrogens is 336 g/mol. The number of carbonyl (C=O) groups is 1. The molecule has 0 saturated heterocycles. The Hall–Kier alpha value is -1.40. The molecule has 1 fully saturated rings. The molecule has 0 bridgehead atoms. The van der Waals surface area contributed by atoms with Crippen molar-refractivity contribution in [3.8, 4) is 0 Å². The molecular formula is C19H30N2O3S. The normalized spacial score (nSPS) is 16.6. The first-order chi connectivity index (χ1) is 11.9. The molecule has 0 spiro atoms. The van der Waals surface area contributed by atoms with E-state index in [1.165, 1.54) is 23.2 Å². The van der Waals surface area contributed by atoms with E-state index in [0.29, 0.717) is 18.7 Å². The number of amides is 1. The fourth-order valence-electron chi connectivity index (χ4n) is 3.52. The van der Waals surface area contributed by atoms with Crippen LogP contribution in [0.4, 0.5) is 0 Å². The molecule has 6 heteroatoms. The highest BCUT2D eigenvalue weighted by Gasteiger charge is 2.25.